The molecule has 3 aromatic rings. The van der Waals surface area contributed by atoms with E-state index in [1.807, 2.05) is 41.5 Å². The van der Waals surface area contributed by atoms with Gasteiger partial charge < -0.3 is 10.2 Å². The largest absolute Gasteiger partial charge is 0.350 e. The number of nitrogens with zero attached hydrogens (tertiary/aromatic N) is 2. The molecule has 0 saturated carbocycles. The molecule has 1 unspecified atom stereocenters. The molecule has 214 valence electrons. The van der Waals surface area contributed by atoms with Gasteiger partial charge in [0.15, 0.2) is 0 Å². The second kappa shape index (κ2) is 12.9. The van der Waals surface area contributed by atoms with Gasteiger partial charge >= 0.3 is 0 Å². The van der Waals surface area contributed by atoms with Crippen LogP contribution in [0.15, 0.2) is 77.7 Å². The number of sulfonamides is 1. The molecule has 7 nitrogen and oxygen atoms in total. The van der Waals surface area contributed by atoms with Gasteiger partial charge in [-0.05, 0) is 76.9 Å². The van der Waals surface area contributed by atoms with Crippen molar-refractivity contribution < 1.29 is 18.0 Å². The molecule has 1 atom stereocenters. The Kier molecular flexibility index (Phi) is 10.0. The van der Waals surface area contributed by atoms with Crippen LogP contribution in [0.25, 0.3) is 0 Å². The Morgan fingerprint density at radius 1 is 0.900 bits per heavy atom. The van der Waals surface area contributed by atoms with E-state index in [4.69, 9.17) is 11.6 Å². The third-order valence-corrected chi connectivity index (χ3v) is 8.55. The van der Waals surface area contributed by atoms with Gasteiger partial charge in [-0.15, -0.1) is 0 Å². The molecule has 9 heteroatoms. The van der Waals surface area contributed by atoms with Crippen molar-refractivity contribution in [1.29, 1.82) is 0 Å². The summed E-state index contributed by atoms with van der Waals surface area (Å²) in [5, 5.41) is 3.41. The molecule has 3 rings (SSSR count). The van der Waals surface area contributed by atoms with Crippen molar-refractivity contribution in [2.75, 3.05) is 10.8 Å². The third kappa shape index (κ3) is 7.86. The lowest BCUT2D eigenvalue weighted by Gasteiger charge is -2.35. The minimum Gasteiger partial charge on any atom is -0.350 e. The Bertz CT molecular complexity index is 1430. The first-order valence-electron chi connectivity index (χ1n) is 13.2. The number of nitrogens with one attached hydrogen (secondary N) is 1. The van der Waals surface area contributed by atoms with Crippen LogP contribution in [0.4, 0.5) is 5.69 Å². The minimum atomic E-state index is -4.12. The zero-order valence-corrected chi connectivity index (χ0v) is 25.5. The van der Waals surface area contributed by atoms with E-state index >= 15 is 0 Å². The minimum absolute atomic E-state index is 0.0426. The highest BCUT2D eigenvalue weighted by Gasteiger charge is 2.34. The van der Waals surface area contributed by atoms with E-state index in [9.17, 15) is 18.0 Å². The van der Waals surface area contributed by atoms with E-state index in [2.05, 4.69) is 5.32 Å². The fraction of sp³-hybridized carbons (Fsp3) is 0.355. The van der Waals surface area contributed by atoms with E-state index < -0.39 is 34.1 Å². The predicted molar refractivity (Wildman–Crippen MR) is 161 cm³/mol. The Morgan fingerprint density at radius 3 is 1.98 bits per heavy atom. The first-order valence-corrected chi connectivity index (χ1v) is 15.1. The summed E-state index contributed by atoms with van der Waals surface area (Å²) >= 11 is 6.44. The molecule has 0 radical (unpaired) electrons. The fourth-order valence-electron chi connectivity index (χ4n) is 4.26. The maximum absolute atomic E-state index is 14.1. The van der Waals surface area contributed by atoms with Gasteiger partial charge in [0.05, 0.1) is 10.6 Å². The van der Waals surface area contributed by atoms with Crippen LogP contribution in [0, 0.1) is 13.8 Å². The Morgan fingerprint density at radius 2 is 1.45 bits per heavy atom. The van der Waals surface area contributed by atoms with Crippen LogP contribution in [0.1, 0.15) is 50.8 Å². The number of aryl methyl sites for hydroxylation is 2. The van der Waals surface area contributed by atoms with Gasteiger partial charge in [0.1, 0.15) is 12.6 Å². The smallest absolute Gasteiger partial charge is 0.264 e. The van der Waals surface area contributed by atoms with Crippen molar-refractivity contribution in [2.24, 2.45) is 0 Å². The van der Waals surface area contributed by atoms with Gasteiger partial charge in [-0.3, -0.25) is 13.9 Å². The summed E-state index contributed by atoms with van der Waals surface area (Å²) in [5.74, 6) is -0.842. The first kappa shape index (κ1) is 31.2. The highest BCUT2D eigenvalue weighted by atomic mass is 35.5. The number of hydrogen-bond donors (Lipinski definition) is 1. The molecule has 0 aromatic heterocycles. The lowest BCUT2D eigenvalue weighted by atomic mass is 10.1. The molecule has 0 saturated heterocycles. The maximum atomic E-state index is 14.1. The van der Waals surface area contributed by atoms with Gasteiger partial charge in [-0.1, -0.05) is 72.1 Å². The molecule has 3 aromatic carbocycles. The highest BCUT2D eigenvalue weighted by molar-refractivity contribution is 7.92. The van der Waals surface area contributed by atoms with E-state index in [-0.39, 0.29) is 17.3 Å². The predicted octanol–water partition coefficient (Wildman–Crippen LogP) is 5.87. The number of anilines is 1. The average Bonchev–Trinajstić information content (AvgIpc) is 2.88. The van der Waals surface area contributed by atoms with Crippen LogP contribution in [0.2, 0.25) is 5.02 Å². The molecular weight excluding hydrogens is 546 g/mol. The van der Waals surface area contributed by atoms with Crippen molar-refractivity contribution in [3.63, 3.8) is 0 Å². The molecule has 2 amide bonds. The Hall–Kier alpha value is -3.36. The molecule has 40 heavy (non-hydrogen) atoms. The third-order valence-electron chi connectivity index (χ3n) is 6.39. The van der Waals surface area contributed by atoms with Gasteiger partial charge in [0.2, 0.25) is 11.8 Å². The standard InChI is InChI=1S/C31H38ClN3O4S/c1-7-28(30(37)33-31(4,5)6)34(20-24-10-8-9-11-27(24)32)29(36)21-35(25-16-12-22(2)13-17-25)40(38,39)26-18-14-23(3)15-19-26/h8-19,28H,7,20-21H2,1-6H3,(H,33,37). The SMILES string of the molecule is CCC(C(=O)NC(C)(C)C)N(Cc1ccccc1Cl)C(=O)CN(c1ccc(C)cc1)S(=O)(=O)c1ccc(C)cc1. The molecule has 0 heterocycles. The number of hydrogen-bond acceptors (Lipinski definition) is 4. The van der Waals surface area contributed by atoms with Crippen molar-refractivity contribution in [3.8, 4) is 0 Å². The summed E-state index contributed by atoms with van der Waals surface area (Å²) < 4.78 is 28.9. The van der Waals surface area contributed by atoms with Gasteiger partial charge in [-0.25, -0.2) is 8.42 Å². The molecule has 0 aliphatic carbocycles. The number of carbonyl (C=O) groups is 2. The molecular formula is C31H38ClN3O4S. The molecule has 0 spiro atoms. The van der Waals surface area contributed by atoms with Gasteiger partial charge in [0.25, 0.3) is 10.0 Å². The molecule has 0 bridgehead atoms. The van der Waals surface area contributed by atoms with Crippen LogP contribution in [-0.4, -0.2) is 43.3 Å². The van der Waals surface area contributed by atoms with Crippen molar-refractivity contribution in [1.82, 2.24) is 10.2 Å². The van der Waals surface area contributed by atoms with Crippen LogP contribution in [-0.2, 0) is 26.2 Å². The Labute approximate surface area is 243 Å². The summed E-state index contributed by atoms with van der Waals surface area (Å²) in [6.07, 6.45) is 0.327. The van der Waals surface area contributed by atoms with Gasteiger partial charge in [-0.2, -0.15) is 0 Å². The number of carbonyl (C=O) groups excluding carboxylic acids is 2. The van der Waals surface area contributed by atoms with E-state index in [0.717, 1.165) is 15.4 Å². The van der Waals surface area contributed by atoms with Crippen molar-refractivity contribution in [2.45, 2.75) is 71.0 Å². The quantitative estimate of drug-likeness (QED) is 0.323. The summed E-state index contributed by atoms with van der Waals surface area (Å²) in [4.78, 5) is 29.0. The summed E-state index contributed by atoms with van der Waals surface area (Å²) in [5.41, 5.74) is 2.35. The van der Waals surface area contributed by atoms with Crippen LogP contribution < -0.4 is 9.62 Å². The second-order valence-electron chi connectivity index (χ2n) is 10.9. The highest BCUT2D eigenvalue weighted by Crippen LogP contribution is 2.26. The Balaban J connectivity index is 2.08. The maximum Gasteiger partial charge on any atom is 0.264 e. The number of amides is 2. The van der Waals surface area contributed by atoms with E-state index in [0.29, 0.717) is 22.7 Å². The number of rotatable bonds is 10. The molecule has 1 N–H and O–H groups in total. The van der Waals surface area contributed by atoms with Crippen molar-refractivity contribution >= 4 is 39.1 Å². The number of halogens is 1. The lowest BCUT2D eigenvalue weighted by Crippen LogP contribution is -2.55. The first-order chi connectivity index (χ1) is 18.7. The normalized spacial score (nSPS) is 12.5. The fourth-order valence-corrected chi connectivity index (χ4v) is 5.87. The number of benzene rings is 3. The summed E-state index contributed by atoms with van der Waals surface area (Å²) in [6.45, 7) is 10.7. The monoisotopic (exact) mass is 583 g/mol. The van der Waals surface area contributed by atoms with Crippen molar-refractivity contribution in [3.05, 3.63) is 94.5 Å². The van der Waals surface area contributed by atoms with Crippen LogP contribution in [0.5, 0.6) is 0 Å². The molecule has 0 aliphatic heterocycles. The topological polar surface area (TPSA) is 86.8 Å². The molecule has 0 fully saturated rings. The second-order valence-corrected chi connectivity index (χ2v) is 13.2. The molecule has 0 aliphatic rings. The summed E-state index contributed by atoms with van der Waals surface area (Å²) in [7, 11) is -4.12. The lowest BCUT2D eigenvalue weighted by molar-refractivity contribution is -0.141. The zero-order valence-electron chi connectivity index (χ0n) is 23.9. The van der Waals surface area contributed by atoms with Gasteiger partial charge in [0, 0.05) is 17.1 Å². The van der Waals surface area contributed by atoms with E-state index in [1.54, 1.807) is 60.7 Å². The average molecular weight is 584 g/mol. The zero-order chi connectivity index (χ0) is 29.7. The van der Waals surface area contributed by atoms with Crippen LogP contribution >= 0.6 is 11.6 Å². The van der Waals surface area contributed by atoms with Crippen LogP contribution in [0.3, 0.4) is 0 Å². The summed E-state index contributed by atoms with van der Waals surface area (Å²) in [6, 6.07) is 19.7. The van der Waals surface area contributed by atoms with E-state index in [1.165, 1.54) is 17.0 Å².